The molecule has 2 N–H and O–H groups in total. The van der Waals surface area contributed by atoms with Crippen LogP contribution in [0, 0.1) is 5.92 Å². The maximum Gasteiger partial charge on any atom is 0.115 e. The van der Waals surface area contributed by atoms with Gasteiger partial charge in [-0.1, -0.05) is 26.0 Å². The van der Waals surface area contributed by atoms with Crippen molar-refractivity contribution in [2.24, 2.45) is 5.92 Å². The van der Waals surface area contributed by atoms with Crippen LogP contribution in [0.15, 0.2) is 36.3 Å². The molecule has 0 radical (unpaired) electrons. The van der Waals surface area contributed by atoms with Gasteiger partial charge in [0.25, 0.3) is 0 Å². The van der Waals surface area contributed by atoms with Crippen molar-refractivity contribution in [1.82, 2.24) is 5.32 Å². The Hall–Kier alpha value is -1.18. The van der Waals surface area contributed by atoms with Crippen LogP contribution in [0.3, 0.4) is 0 Å². The molecule has 0 unspecified atom stereocenters. The summed E-state index contributed by atoms with van der Waals surface area (Å²) in [6.07, 6.45) is 6.87. The fraction of sp³-hybridized carbons (Fsp3) is 0.500. The van der Waals surface area contributed by atoms with Gasteiger partial charge in [-0.15, -0.1) is 0 Å². The van der Waals surface area contributed by atoms with E-state index in [4.69, 9.17) is 0 Å². The summed E-state index contributed by atoms with van der Waals surface area (Å²) in [5.74, 6) is 0.622. The van der Waals surface area contributed by atoms with Gasteiger partial charge in [-0.3, -0.25) is 0 Å². The summed E-state index contributed by atoms with van der Waals surface area (Å²) in [7, 11) is 1.86. The van der Waals surface area contributed by atoms with Crippen LogP contribution >= 0.6 is 0 Å². The standard InChI is InChI=1S/C12H19NO/c1-9(10(2)14)12(8-13-3)11-6-4-5-7-11/h8,11,13-14H,1-2,4-7H2,3H3/b12-8+. The molecule has 0 aromatic carbocycles. The molecule has 0 heterocycles. The van der Waals surface area contributed by atoms with E-state index >= 15 is 0 Å². The summed E-state index contributed by atoms with van der Waals surface area (Å²) >= 11 is 0. The Kier molecular flexibility index (Phi) is 3.81. The average Bonchev–Trinajstić information content (AvgIpc) is 2.65. The Morgan fingerprint density at radius 2 is 1.93 bits per heavy atom. The van der Waals surface area contributed by atoms with Crippen molar-refractivity contribution < 1.29 is 5.11 Å². The van der Waals surface area contributed by atoms with E-state index in [0.29, 0.717) is 11.5 Å². The lowest BCUT2D eigenvalue weighted by Crippen LogP contribution is -2.07. The van der Waals surface area contributed by atoms with E-state index in [-0.39, 0.29) is 5.76 Å². The van der Waals surface area contributed by atoms with Crippen LogP contribution in [-0.2, 0) is 0 Å². The van der Waals surface area contributed by atoms with Gasteiger partial charge in [0, 0.05) is 18.8 Å². The number of allylic oxidation sites excluding steroid dienone is 1. The van der Waals surface area contributed by atoms with Crippen molar-refractivity contribution >= 4 is 0 Å². The van der Waals surface area contributed by atoms with Crippen LogP contribution in [0.1, 0.15) is 25.7 Å². The summed E-state index contributed by atoms with van der Waals surface area (Å²) in [6.45, 7) is 7.38. The van der Waals surface area contributed by atoms with E-state index in [9.17, 15) is 5.11 Å². The minimum atomic E-state index is 0.0819. The molecule has 2 nitrogen and oxygen atoms in total. The first-order valence-corrected chi connectivity index (χ1v) is 5.11. The van der Waals surface area contributed by atoms with Crippen molar-refractivity contribution in [2.45, 2.75) is 25.7 Å². The van der Waals surface area contributed by atoms with E-state index in [2.05, 4.69) is 18.5 Å². The molecule has 0 amide bonds. The molecule has 1 aliphatic carbocycles. The smallest absolute Gasteiger partial charge is 0.115 e. The number of nitrogens with one attached hydrogen (secondary N) is 1. The van der Waals surface area contributed by atoms with Crippen molar-refractivity contribution in [3.05, 3.63) is 36.3 Å². The third-order valence-electron chi connectivity index (χ3n) is 2.79. The summed E-state index contributed by atoms with van der Waals surface area (Å²) in [5.41, 5.74) is 1.78. The summed E-state index contributed by atoms with van der Waals surface area (Å²) in [6, 6.07) is 0. The van der Waals surface area contributed by atoms with Crippen LogP contribution in [-0.4, -0.2) is 12.2 Å². The van der Waals surface area contributed by atoms with Gasteiger partial charge in [-0.2, -0.15) is 0 Å². The molecule has 0 aromatic rings. The van der Waals surface area contributed by atoms with Crippen molar-refractivity contribution in [3.8, 4) is 0 Å². The fourth-order valence-electron chi connectivity index (χ4n) is 2.01. The summed E-state index contributed by atoms with van der Waals surface area (Å²) in [5, 5.41) is 12.3. The Labute approximate surface area is 86.0 Å². The van der Waals surface area contributed by atoms with Crippen molar-refractivity contribution in [1.29, 1.82) is 0 Å². The van der Waals surface area contributed by atoms with E-state index in [1.165, 1.54) is 25.7 Å². The molecule has 0 bridgehead atoms. The fourth-order valence-corrected chi connectivity index (χ4v) is 2.01. The highest BCUT2D eigenvalue weighted by molar-refractivity contribution is 5.41. The molecule has 1 aliphatic rings. The molecule has 14 heavy (non-hydrogen) atoms. The topological polar surface area (TPSA) is 32.3 Å². The van der Waals surface area contributed by atoms with E-state index in [1.807, 2.05) is 13.2 Å². The quantitative estimate of drug-likeness (QED) is 0.531. The molecule has 78 valence electrons. The second kappa shape index (κ2) is 4.89. The molecule has 1 rings (SSSR count). The molecule has 0 aliphatic heterocycles. The van der Waals surface area contributed by atoms with Crippen LogP contribution in [0.2, 0.25) is 0 Å². The second-order valence-electron chi connectivity index (χ2n) is 3.79. The molecule has 2 heteroatoms. The first-order chi connectivity index (χ1) is 6.66. The zero-order chi connectivity index (χ0) is 10.6. The predicted octanol–water partition coefficient (Wildman–Crippen LogP) is 2.91. The van der Waals surface area contributed by atoms with Crippen molar-refractivity contribution in [2.75, 3.05) is 7.05 Å². The van der Waals surface area contributed by atoms with E-state index in [0.717, 1.165) is 5.57 Å². The minimum absolute atomic E-state index is 0.0819. The first-order valence-electron chi connectivity index (χ1n) is 5.11. The molecule has 0 spiro atoms. The van der Waals surface area contributed by atoms with Gasteiger partial charge in [-0.05, 0) is 24.3 Å². The maximum atomic E-state index is 9.32. The molecular weight excluding hydrogens is 174 g/mol. The average molecular weight is 193 g/mol. The number of aliphatic hydroxyl groups is 1. The number of aliphatic hydroxyl groups excluding tert-OH is 1. The van der Waals surface area contributed by atoms with Crippen LogP contribution in [0.5, 0.6) is 0 Å². The van der Waals surface area contributed by atoms with E-state index in [1.54, 1.807) is 0 Å². The third kappa shape index (κ3) is 2.41. The molecule has 1 saturated carbocycles. The summed E-state index contributed by atoms with van der Waals surface area (Å²) in [4.78, 5) is 0. The van der Waals surface area contributed by atoms with E-state index < -0.39 is 0 Å². The zero-order valence-corrected chi connectivity index (χ0v) is 8.84. The molecule has 0 atom stereocenters. The van der Waals surface area contributed by atoms with Gasteiger partial charge in [0.15, 0.2) is 0 Å². The summed E-state index contributed by atoms with van der Waals surface area (Å²) < 4.78 is 0. The van der Waals surface area contributed by atoms with Crippen LogP contribution in [0.4, 0.5) is 0 Å². The highest BCUT2D eigenvalue weighted by atomic mass is 16.3. The zero-order valence-electron chi connectivity index (χ0n) is 8.84. The van der Waals surface area contributed by atoms with Gasteiger partial charge in [0.2, 0.25) is 0 Å². The van der Waals surface area contributed by atoms with Gasteiger partial charge in [0.05, 0.1) is 0 Å². The van der Waals surface area contributed by atoms with Gasteiger partial charge >= 0.3 is 0 Å². The molecule has 1 fully saturated rings. The first kappa shape index (κ1) is 10.9. The normalized spacial score (nSPS) is 18.2. The number of rotatable bonds is 4. The Balaban J connectivity index is 2.78. The molecule has 0 aromatic heterocycles. The largest absolute Gasteiger partial charge is 0.508 e. The van der Waals surface area contributed by atoms with Crippen LogP contribution in [0.25, 0.3) is 0 Å². The van der Waals surface area contributed by atoms with Crippen molar-refractivity contribution in [3.63, 3.8) is 0 Å². The van der Waals surface area contributed by atoms with Gasteiger partial charge in [0.1, 0.15) is 5.76 Å². The second-order valence-corrected chi connectivity index (χ2v) is 3.79. The Morgan fingerprint density at radius 1 is 1.36 bits per heavy atom. The monoisotopic (exact) mass is 193 g/mol. The number of hydrogen-bond acceptors (Lipinski definition) is 2. The lowest BCUT2D eigenvalue weighted by Gasteiger charge is -2.16. The predicted molar refractivity (Wildman–Crippen MR) is 60.0 cm³/mol. The SMILES string of the molecule is C=C(O)C(=C)/C(=C\NC)C1CCCC1. The number of hydrogen-bond donors (Lipinski definition) is 2. The lowest BCUT2D eigenvalue weighted by molar-refractivity contribution is 0.424. The Morgan fingerprint density at radius 3 is 2.36 bits per heavy atom. The molecular formula is C12H19NO. The minimum Gasteiger partial charge on any atom is -0.508 e. The van der Waals surface area contributed by atoms with Gasteiger partial charge in [-0.25, -0.2) is 0 Å². The maximum absolute atomic E-state index is 9.32. The highest BCUT2D eigenvalue weighted by Crippen LogP contribution is 2.35. The highest BCUT2D eigenvalue weighted by Gasteiger charge is 2.21. The third-order valence-corrected chi connectivity index (χ3v) is 2.79. The van der Waals surface area contributed by atoms with Gasteiger partial charge < -0.3 is 10.4 Å². The van der Waals surface area contributed by atoms with Crippen LogP contribution < -0.4 is 5.32 Å². The Bertz CT molecular complexity index is 259. The molecule has 0 saturated heterocycles. The lowest BCUT2D eigenvalue weighted by atomic mass is 9.92.